The number of fused-ring (bicyclic) bond motifs is 1. The second-order valence-corrected chi connectivity index (χ2v) is 8.41. The Bertz CT molecular complexity index is 1030. The number of phenols is 1. The molecule has 0 bridgehead atoms. The SMILES string of the molecule is CCCCC1(c2cc(O)c3cc(Cc4ccccn4)c(=O)oc3c2)CCCCC1. The maximum Gasteiger partial charge on any atom is 0.339 e. The molecule has 1 fully saturated rings. The zero-order valence-electron chi connectivity index (χ0n) is 17.1. The van der Waals surface area contributed by atoms with Crippen molar-refractivity contribution >= 4 is 11.0 Å². The molecule has 0 amide bonds. The van der Waals surface area contributed by atoms with Crippen molar-refractivity contribution in [2.24, 2.45) is 0 Å². The highest BCUT2D eigenvalue weighted by molar-refractivity contribution is 5.84. The van der Waals surface area contributed by atoms with E-state index in [0.29, 0.717) is 23.0 Å². The van der Waals surface area contributed by atoms with Crippen LogP contribution in [0.2, 0.25) is 0 Å². The van der Waals surface area contributed by atoms with Crippen molar-refractivity contribution in [2.45, 2.75) is 70.1 Å². The largest absolute Gasteiger partial charge is 0.507 e. The molecule has 0 aliphatic heterocycles. The van der Waals surface area contributed by atoms with Crippen LogP contribution in [0, 0.1) is 0 Å². The van der Waals surface area contributed by atoms with Gasteiger partial charge in [0.15, 0.2) is 0 Å². The molecule has 4 rings (SSSR count). The number of rotatable bonds is 6. The van der Waals surface area contributed by atoms with Crippen molar-refractivity contribution in [3.05, 3.63) is 69.8 Å². The van der Waals surface area contributed by atoms with Gasteiger partial charge in [-0.3, -0.25) is 4.98 Å². The molecule has 1 aliphatic rings. The van der Waals surface area contributed by atoms with Crippen molar-refractivity contribution in [2.75, 3.05) is 0 Å². The molecule has 1 aromatic carbocycles. The van der Waals surface area contributed by atoms with Gasteiger partial charge in [0.2, 0.25) is 0 Å². The summed E-state index contributed by atoms with van der Waals surface area (Å²) in [4.78, 5) is 16.9. The number of aromatic hydroxyl groups is 1. The molecule has 4 nitrogen and oxygen atoms in total. The molecule has 4 heteroatoms. The summed E-state index contributed by atoms with van der Waals surface area (Å²) >= 11 is 0. The number of hydrogen-bond donors (Lipinski definition) is 1. The van der Waals surface area contributed by atoms with E-state index in [1.807, 2.05) is 30.3 Å². The molecule has 1 aliphatic carbocycles. The monoisotopic (exact) mass is 391 g/mol. The van der Waals surface area contributed by atoms with E-state index < -0.39 is 0 Å². The first-order chi connectivity index (χ1) is 14.1. The fourth-order valence-electron chi connectivity index (χ4n) is 4.79. The molecule has 0 unspecified atom stereocenters. The first-order valence-corrected chi connectivity index (χ1v) is 10.8. The first kappa shape index (κ1) is 19.7. The Hall–Kier alpha value is -2.62. The van der Waals surface area contributed by atoms with Crippen LogP contribution in [0.4, 0.5) is 0 Å². The van der Waals surface area contributed by atoms with Crippen LogP contribution < -0.4 is 5.63 Å². The van der Waals surface area contributed by atoms with Crippen LogP contribution in [-0.4, -0.2) is 10.1 Å². The van der Waals surface area contributed by atoms with Crippen molar-refractivity contribution in [1.82, 2.24) is 4.98 Å². The van der Waals surface area contributed by atoms with Gasteiger partial charge in [0.25, 0.3) is 0 Å². The molecule has 3 aromatic rings. The standard InChI is InChI=1S/C25H29NO3/c1-2-3-10-25(11-6-4-7-12-25)19-16-22(27)21-15-18(24(28)29-23(21)17-19)14-20-9-5-8-13-26-20/h5,8-9,13,15-17,27H,2-4,6-7,10-12,14H2,1H3. The van der Waals surface area contributed by atoms with E-state index in [-0.39, 0.29) is 16.8 Å². The zero-order valence-corrected chi connectivity index (χ0v) is 17.1. The van der Waals surface area contributed by atoms with Gasteiger partial charge in [-0.05, 0) is 60.6 Å². The Morgan fingerprint density at radius 3 is 2.69 bits per heavy atom. The lowest BCUT2D eigenvalue weighted by molar-refractivity contribution is 0.266. The zero-order chi connectivity index (χ0) is 20.3. The summed E-state index contributed by atoms with van der Waals surface area (Å²) < 4.78 is 5.68. The molecule has 1 N–H and O–H groups in total. The third-order valence-corrected chi connectivity index (χ3v) is 6.43. The van der Waals surface area contributed by atoms with Gasteiger partial charge in [0.05, 0.1) is 5.39 Å². The number of unbranched alkanes of at least 4 members (excludes halogenated alkanes) is 1. The summed E-state index contributed by atoms with van der Waals surface area (Å²) in [6, 6.07) is 11.3. The minimum absolute atomic E-state index is 0.0884. The lowest BCUT2D eigenvalue weighted by Crippen LogP contribution is -2.29. The maximum atomic E-state index is 12.6. The fourth-order valence-corrected chi connectivity index (χ4v) is 4.79. The molecule has 152 valence electrons. The molecule has 2 aromatic heterocycles. The highest BCUT2D eigenvalue weighted by Gasteiger charge is 2.34. The van der Waals surface area contributed by atoms with Gasteiger partial charge in [0, 0.05) is 23.9 Å². The molecule has 29 heavy (non-hydrogen) atoms. The van der Waals surface area contributed by atoms with E-state index in [1.54, 1.807) is 12.3 Å². The Morgan fingerprint density at radius 2 is 1.97 bits per heavy atom. The van der Waals surface area contributed by atoms with Crippen LogP contribution in [0.25, 0.3) is 11.0 Å². The normalized spacial score (nSPS) is 16.2. The van der Waals surface area contributed by atoms with E-state index in [1.165, 1.54) is 25.7 Å². The van der Waals surface area contributed by atoms with Crippen molar-refractivity contribution in [3.8, 4) is 5.75 Å². The van der Waals surface area contributed by atoms with Crippen LogP contribution in [0.15, 0.2) is 51.8 Å². The lowest BCUT2D eigenvalue weighted by atomic mass is 9.66. The van der Waals surface area contributed by atoms with E-state index in [2.05, 4.69) is 11.9 Å². The molecule has 1 saturated carbocycles. The quantitative estimate of drug-likeness (QED) is 0.533. The van der Waals surface area contributed by atoms with Gasteiger partial charge < -0.3 is 9.52 Å². The number of benzene rings is 1. The van der Waals surface area contributed by atoms with Crippen LogP contribution in [0.3, 0.4) is 0 Å². The van der Waals surface area contributed by atoms with Crippen LogP contribution in [-0.2, 0) is 11.8 Å². The van der Waals surface area contributed by atoms with Gasteiger partial charge in [-0.2, -0.15) is 0 Å². The number of nitrogens with zero attached hydrogens (tertiary/aromatic N) is 1. The molecule has 2 heterocycles. The highest BCUT2D eigenvalue weighted by atomic mass is 16.4. The summed E-state index contributed by atoms with van der Waals surface area (Å²) in [5, 5.41) is 11.4. The third-order valence-electron chi connectivity index (χ3n) is 6.43. The summed E-state index contributed by atoms with van der Waals surface area (Å²) in [5.74, 6) is 0.199. The summed E-state index contributed by atoms with van der Waals surface area (Å²) in [6.45, 7) is 2.22. The van der Waals surface area contributed by atoms with Crippen LogP contribution in [0.5, 0.6) is 5.75 Å². The van der Waals surface area contributed by atoms with E-state index in [0.717, 1.165) is 36.9 Å². The number of aromatic nitrogens is 1. The topological polar surface area (TPSA) is 63.3 Å². The number of phenolic OH excluding ortho intramolecular Hbond substituents is 1. The van der Waals surface area contributed by atoms with Crippen molar-refractivity contribution < 1.29 is 9.52 Å². The Kier molecular flexibility index (Phi) is 5.70. The summed E-state index contributed by atoms with van der Waals surface area (Å²) in [6.07, 6.45) is 11.5. The van der Waals surface area contributed by atoms with Gasteiger partial charge in [-0.1, -0.05) is 45.1 Å². The van der Waals surface area contributed by atoms with Crippen LogP contribution >= 0.6 is 0 Å². The average Bonchev–Trinajstić information content (AvgIpc) is 2.74. The molecule has 0 radical (unpaired) electrons. The Balaban J connectivity index is 1.75. The van der Waals surface area contributed by atoms with Gasteiger partial charge in [-0.15, -0.1) is 0 Å². The predicted molar refractivity (Wildman–Crippen MR) is 115 cm³/mol. The highest BCUT2D eigenvalue weighted by Crippen LogP contribution is 2.45. The molecular formula is C25H29NO3. The molecule has 0 atom stereocenters. The first-order valence-electron chi connectivity index (χ1n) is 10.8. The smallest absolute Gasteiger partial charge is 0.339 e. The number of pyridine rings is 1. The van der Waals surface area contributed by atoms with E-state index in [9.17, 15) is 9.90 Å². The van der Waals surface area contributed by atoms with Crippen molar-refractivity contribution in [1.29, 1.82) is 0 Å². The fraction of sp³-hybridized carbons (Fsp3) is 0.440. The number of hydrogen-bond acceptors (Lipinski definition) is 4. The van der Waals surface area contributed by atoms with Gasteiger partial charge in [-0.25, -0.2) is 4.79 Å². The Morgan fingerprint density at radius 1 is 1.14 bits per heavy atom. The third kappa shape index (κ3) is 4.07. The lowest BCUT2D eigenvalue weighted by Gasteiger charge is -2.38. The van der Waals surface area contributed by atoms with Gasteiger partial charge in [0.1, 0.15) is 11.3 Å². The molecule has 0 spiro atoms. The maximum absolute atomic E-state index is 12.6. The second-order valence-electron chi connectivity index (χ2n) is 8.41. The predicted octanol–water partition coefficient (Wildman–Crippen LogP) is 5.88. The summed E-state index contributed by atoms with van der Waals surface area (Å²) in [7, 11) is 0. The Labute approximate surface area is 171 Å². The average molecular weight is 392 g/mol. The van der Waals surface area contributed by atoms with Crippen molar-refractivity contribution in [3.63, 3.8) is 0 Å². The van der Waals surface area contributed by atoms with E-state index in [4.69, 9.17) is 4.42 Å². The second kappa shape index (κ2) is 8.40. The molecular weight excluding hydrogens is 362 g/mol. The van der Waals surface area contributed by atoms with Crippen LogP contribution in [0.1, 0.15) is 75.1 Å². The summed E-state index contributed by atoms with van der Waals surface area (Å²) in [5.41, 5.74) is 2.65. The van der Waals surface area contributed by atoms with E-state index >= 15 is 0 Å². The molecule has 0 saturated heterocycles. The minimum atomic E-state index is -0.356. The van der Waals surface area contributed by atoms with Gasteiger partial charge >= 0.3 is 5.63 Å². The minimum Gasteiger partial charge on any atom is -0.507 e.